The van der Waals surface area contributed by atoms with E-state index in [4.69, 9.17) is 5.41 Å². The molecule has 0 aliphatic carbocycles. The lowest BCUT2D eigenvalue weighted by Gasteiger charge is -2.34. The average molecular weight is 159 g/mol. The molecule has 3 heteroatoms. The molecule has 60 valence electrons. The van der Waals surface area contributed by atoms with E-state index in [9.17, 15) is 5.11 Å². The van der Waals surface area contributed by atoms with Gasteiger partial charge in [0.1, 0.15) is 0 Å². The molecule has 0 saturated heterocycles. The van der Waals surface area contributed by atoms with Gasteiger partial charge >= 0.3 is 0 Å². The molecule has 0 aromatic carbocycles. The lowest BCUT2D eigenvalue weighted by atomic mass is 10.3. The molecule has 0 radical (unpaired) electrons. The summed E-state index contributed by atoms with van der Waals surface area (Å²) in [7, 11) is -1.60. The smallest absolute Gasteiger partial charge is 0.0889 e. The van der Waals surface area contributed by atoms with Gasteiger partial charge in [-0.25, -0.2) is 0 Å². The van der Waals surface area contributed by atoms with E-state index in [0.717, 1.165) is 0 Å². The van der Waals surface area contributed by atoms with Crippen LogP contribution in [0.2, 0.25) is 19.6 Å². The van der Waals surface area contributed by atoms with Crippen molar-refractivity contribution in [2.45, 2.75) is 38.2 Å². The molecule has 2 nitrogen and oxygen atoms in total. The van der Waals surface area contributed by atoms with Gasteiger partial charge in [-0.1, -0.05) is 26.6 Å². The molecule has 0 heterocycles. The second kappa shape index (κ2) is 2.84. The number of aliphatic hydroxyl groups is 1. The largest absolute Gasteiger partial charge is 0.388 e. The Bertz CT molecular complexity index is 130. The molecule has 0 bridgehead atoms. The van der Waals surface area contributed by atoms with E-state index in [1.807, 2.05) is 6.92 Å². The topological polar surface area (TPSA) is 44.1 Å². The quantitative estimate of drug-likeness (QED) is 0.477. The fourth-order valence-electron chi connectivity index (χ4n) is 0.849. The predicted octanol–water partition coefficient (Wildman–Crippen LogP) is 1.65. The van der Waals surface area contributed by atoms with Gasteiger partial charge in [0.05, 0.1) is 13.3 Å². The number of hydrogen-bond acceptors (Lipinski definition) is 2. The molecule has 0 aromatic heterocycles. The summed E-state index contributed by atoms with van der Waals surface area (Å²) in [6, 6.07) is 0. The molecular weight excluding hydrogens is 142 g/mol. The van der Waals surface area contributed by atoms with Crippen LogP contribution < -0.4 is 0 Å². The zero-order chi connectivity index (χ0) is 8.41. The van der Waals surface area contributed by atoms with Gasteiger partial charge in [0, 0.05) is 6.21 Å². The first-order valence-corrected chi connectivity index (χ1v) is 7.11. The van der Waals surface area contributed by atoms with Crippen molar-refractivity contribution in [2.24, 2.45) is 0 Å². The van der Waals surface area contributed by atoms with Crippen LogP contribution in [-0.2, 0) is 0 Å². The third-order valence-corrected chi connectivity index (χ3v) is 5.17. The molecule has 1 unspecified atom stereocenters. The first kappa shape index (κ1) is 9.85. The summed E-state index contributed by atoms with van der Waals surface area (Å²) in [5.74, 6) is 0. The van der Waals surface area contributed by atoms with E-state index in [1.165, 1.54) is 6.21 Å². The van der Waals surface area contributed by atoms with E-state index < -0.39 is 13.3 Å². The highest BCUT2D eigenvalue weighted by Gasteiger charge is 2.37. The second-order valence-electron chi connectivity index (χ2n) is 3.67. The van der Waals surface area contributed by atoms with Gasteiger partial charge in [-0.2, -0.15) is 0 Å². The lowest BCUT2D eigenvalue weighted by molar-refractivity contribution is 0.186. The van der Waals surface area contributed by atoms with Crippen molar-refractivity contribution in [3.63, 3.8) is 0 Å². The fourth-order valence-corrected chi connectivity index (χ4v) is 2.34. The van der Waals surface area contributed by atoms with Crippen LogP contribution >= 0.6 is 0 Å². The Labute approximate surface area is 63.8 Å². The van der Waals surface area contributed by atoms with Gasteiger partial charge in [0.15, 0.2) is 0 Å². The number of nitrogens with one attached hydrogen (secondary N) is 1. The first-order valence-electron chi connectivity index (χ1n) is 3.61. The summed E-state index contributed by atoms with van der Waals surface area (Å²) in [6.45, 7) is 8.13. The third kappa shape index (κ3) is 1.67. The monoisotopic (exact) mass is 159 g/mol. The van der Waals surface area contributed by atoms with Gasteiger partial charge in [-0.15, -0.1) is 0 Å². The molecule has 0 rings (SSSR count). The standard InChI is InChI=1S/C7H17NOSi/c1-5-7(9,6-8)10(2,3)4/h6,8-9H,5H2,1-4H3. The molecule has 10 heavy (non-hydrogen) atoms. The Kier molecular flexibility index (Phi) is 2.80. The van der Waals surface area contributed by atoms with E-state index >= 15 is 0 Å². The maximum absolute atomic E-state index is 9.78. The second-order valence-corrected chi connectivity index (χ2v) is 9.04. The molecule has 0 fully saturated rings. The van der Waals surface area contributed by atoms with Crippen molar-refractivity contribution in [1.29, 1.82) is 5.41 Å². The Morgan fingerprint density at radius 3 is 1.90 bits per heavy atom. The van der Waals surface area contributed by atoms with Crippen LogP contribution in [0.5, 0.6) is 0 Å². The van der Waals surface area contributed by atoms with Gasteiger partial charge in [-0.05, 0) is 6.42 Å². The number of hydrogen-bond donors (Lipinski definition) is 2. The van der Waals surface area contributed by atoms with Gasteiger partial charge < -0.3 is 10.5 Å². The lowest BCUT2D eigenvalue weighted by Crippen LogP contribution is -2.52. The summed E-state index contributed by atoms with van der Waals surface area (Å²) < 4.78 is 0. The Hall–Kier alpha value is -0.153. The average Bonchev–Trinajstić information content (AvgIpc) is 1.84. The van der Waals surface area contributed by atoms with Gasteiger partial charge in [0.2, 0.25) is 0 Å². The van der Waals surface area contributed by atoms with Gasteiger partial charge in [-0.3, -0.25) is 0 Å². The minimum atomic E-state index is -1.60. The van der Waals surface area contributed by atoms with Crippen molar-refractivity contribution in [3.05, 3.63) is 0 Å². The highest BCUT2D eigenvalue weighted by Crippen LogP contribution is 2.21. The highest BCUT2D eigenvalue weighted by molar-refractivity contribution is 6.81. The summed E-state index contributed by atoms with van der Waals surface area (Å²) in [5.41, 5.74) is 0. The molecule has 2 N–H and O–H groups in total. The van der Waals surface area contributed by atoms with Crippen molar-refractivity contribution >= 4 is 14.3 Å². The molecule has 0 aliphatic heterocycles. The summed E-state index contributed by atoms with van der Waals surface area (Å²) >= 11 is 0. The van der Waals surface area contributed by atoms with E-state index in [-0.39, 0.29) is 0 Å². The van der Waals surface area contributed by atoms with Crippen molar-refractivity contribution < 1.29 is 5.11 Å². The molecule has 0 aliphatic rings. The minimum absolute atomic E-state index is 0.659. The maximum atomic E-state index is 9.78. The van der Waals surface area contributed by atoms with Gasteiger partial charge in [0.25, 0.3) is 0 Å². The van der Waals surface area contributed by atoms with E-state index in [2.05, 4.69) is 19.6 Å². The number of rotatable bonds is 3. The third-order valence-electron chi connectivity index (χ3n) is 2.08. The Morgan fingerprint density at radius 1 is 1.50 bits per heavy atom. The first-order chi connectivity index (χ1) is 4.37. The summed E-state index contributed by atoms with van der Waals surface area (Å²) in [4.78, 5) is 0. The van der Waals surface area contributed by atoms with Crippen molar-refractivity contribution in [3.8, 4) is 0 Å². The molecular formula is C7H17NOSi. The van der Waals surface area contributed by atoms with E-state index in [0.29, 0.717) is 6.42 Å². The van der Waals surface area contributed by atoms with Crippen LogP contribution in [0.3, 0.4) is 0 Å². The van der Waals surface area contributed by atoms with Crippen LogP contribution in [-0.4, -0.2) is 24.6 Å². The maximum Gasteiger partial charge on any atom is 0.0889 e. The molecule has 0 spiro atoms. The molecule has 1 atom stereocenters. The van der Waals surface area contributed by atoms with Crippen LogP contribution in [0.1, 0.15) is 13.3 Å². The molecule has 0 amide bonds. The van der Waals surface area contributed by atoms with Crippen LogP contribution in [0.25, 0.3) is 0 Å². The zero-order valence-electron chi connectivity index (χ0n) is 7.23. The molecule has 0 aromatic rings. The zero-order valence-corrected chi connectivity index (χ0v) is 8.23. The fraction of sp³-hybridized carbons (Fsp3) is 0.857. The van der Waals surface area contributed by atoms with E-state index in [1.54, 1.807) is 0 Å². The van der Waals surface area contributed by atoms with Crippen molar-refractivity contribution in [2.75, 3.05) is 0 Å². The summed E-state index contributed by atoms with van der Waals surface area (Å²) in [6.07, 6.45) is 1.85. The predicted molar refractivity (Wildman–Crippen MR) is 47.4 cm³/mol. The summed E-state index contributed by atoms with van der Waals surface area (Å²) in [5, 5.41) is 16.1. The Morgan fingerprint density at radius 2 is 1.90 bits per heavy atom. The Balaban J connectivity index is 4.48. The minimum Gasteiger partial charge on any atom is -0.388 e. The normalized spacial score (nSPS) is 18.1. The van der Waals surface area contributed by atoms with Crippen LogP contribution in [0, 0.1) is 5.41 Å². The van der Waals surface area contributed by atoms with Crippen molar-refractivity contribution in [1.82, 2.24) is 0 Å². The SMILES string of the molecule is CCC(O)(C=N)[Si](C)(C)C. The molecule has 0 saturated carbocycles. The highest BCUT2D eigenvalue weighted by atomic mass is 28.3. The van der Waals surface area contributed by atoms with Crippen LogP contribution in [0.4, 0.5) is 0 Å². The van der Waals surface area contributed by atoms with Crippen LogP contribution in [0.15, 0.2) is 0 Å².